The normalized spacial score (nSPS) is 36.6. The Bertz CT molecular complexity index is 217. The number of carbonyl (C=O) groups excluding carboxylic acids is 1. The van der Waals surface area contributed by atoms with E-state index in [1.165, 1.54) is 12.8 Å². The van der Waals surface area contributed by atoms with E-state index in [0.717, 1.165) is 13.0 Å². The molecule has 74 valence electrons. The molecule has 0 aromatic carbocycles. The number of rotatable bonds is 2. The fraction of sp³-hybridized carbons (Fsp3) is 0.900. The standard InChI is InChI=1S/C10H18N2O/c1-3-12(2)10(13)8-6-7-4-5-9(8)11-7/h7-9,11H,3-6H2,1-2H3. The molecule has 0 aromatic heterocycles. The SMILES string of the molecule is CCN(C)C(=O)C1CC2CCC1N2. The highest BCUT2D eigenvalue weighted by Gasteiger charge is 2.43. The average Bonchev–Trinajstić information content (AvgIpc) is 2.76. The molecule has 0 spiro atoms. The van der Waals surface area contributed by atoms with Gasteiger partial charge in [-0.1, -0.05) is 0 Å². The van der Waals surface area contributed by atoms with E-state index in [1.54, 1.807) is 0 Å². The first-order valence-corrected chi connectivity index (χ1v) is 5.23. The zero-order valence-electron chi connectivity index (χ0n) is 8.42. The van der Waals surface area contributed by atoms with Gasteiger partial charge in [0.2, 0.25) is 5.91 Å². The molecule has 3 unspecified atom stereocenters. The fourth-order valence-corrected chi connectivity index (χ4v) is 2.54. The van der Waals surface area contributed by atoms with Gasteiger partial charge in [-0.15, -0.1) is 0 Å². The van der Waals surface area contributed by atoms with Gasteiger partial charge in [-0.3, -0.25) is 4.79 Å². The third kappa shape index (κ3) is 1.46. The van der Waals surface area contributed by atoms with E-state index in [2.05, 4.69) is 5.32 Å². The lowest BCUT2D eigenvalue weighted by Gasteiger charge is -2.24. The van der Waals surface area contributed by atoms with Crippen LogP contribution in [0.4, 0.5) is 0 Å². The molecule has 2 aliphatic heterocycles. The number of hydrogen-bond donors (Lipinski definition) is 1. The number of carbonyl (C=O) groups is 1. The summed E-state index contributed by atoms with van der Waals surface area (Å²) in [5.74, 6) is 0.603. The molecule has 13 heavy (non-hydrogen) atoms. The van der Waals surface area contributed by atoms with Crippen molar-refractivity contribution in [1.82, 2.24) is 10.2 Å². The highest BCUT2D eigenvalue weighted by Crippen LogP contribution is 2.33. The molecule has 1 N–H and O–H groups in total. The van der Waals surface area contributed by atoms with Crippen molar-refractivity contribution in [2.75, 3.05) is 13.6 Å². The molecule has 2 saturated heterocycles. The first-order valence-electron chi connectivity index (χ1n) is 5.23. The summed E-state index contributed by atoms with van der Waals surface area (Å²) in [7, 11) is 1.90. The molecule has 2 heterocycles. The van der Waals surface area contributed by atoms with Crippen LogP contribution >= 0.6 is 0 Å². The first-order chi connectivity index (χ1) is 6.22. The minimum absolute atomic E-state index is 0.267. The van der Waals surface area contributed by atoms with Crippen molar-refractivity contribution in [2.24, 2.45) is 5.92 Å². The van der Waals surface area contributed by atoms with Gasteiger partial charge in [0.15, 0.2) is 0 Å². The summed E-state index contributed by atoms with van der Waals surface area (Å²) in [6.45, 7) is 2.85. The highest BCUT2D eigenvalue weighted by atomic mass is 16.2. The maximum Gasteiger partial charge on any atom is 0.227 e. The van der Waals surface area contributed by atoms with Crippen LogP contribution in [-0.4, -0.2) is 36.5 Å². The van der Waals surface area contributed by atoms with Crippen molar-refractivity contribution in [1.29, 1.82) is 0 Å². The van der Waals surface area contributed by atoms with Crippen molar-refractivity contribution >= 4 is 5.91 Å². The molecule has 0 aromatic rings. The minimum atomic E-state index is 0.267. The summed E-state index contributed by atoms with van der Waals surface area (Å²) in [4.78, 5) is 13.7. The summed E-state index contributed by atoms with van der Waals surface area (Å²) in [5, 5.41) is 3.49. The molecule has 1 amide bonds. The van der Waals surface area contributed by atoms with Crippen LogP contribution in [-0.2, 0) is 4.79 Å². The minimum Gasteiger partial charge on any atom is -0.346 e. The predicted molar refractivity (Wildman–Crippen MR) is 51.4 cm³/mol. The largest absolute Gasteiger partial charge is 0.346 e. The van der Waals surface area contributed by atoms with Gasteiger partial charge < -0.3 is 10.2 Å². The van der Waals surface area contributed by atoms with Crippen molar-refractivity contribution in [3.63, 3.8) is 0 Å². The summed E-state index contributed by atoms with van der Waals surface area (Å²) in [6.07, 6.45) is 3.52. The van der Waals surface area contributed by atoms with Crippen LogP contribution in [0.3, 0.4) is 0 Å². The summed E-state index contributed by atoms with van der Waals surface area (Å²) >= 11 is 0. The van der Waals surface area contributed by atoms with Gasteiger partial charge in [0.05, 0.1) is 5.92 Å². The third-order valence-electron chi connectivity index (χ3n) is 3.47. The zero-order chi connectivity index (χ0) is 9.42. The Labute approximate surface area is 79.5 Å². The second-order valence-corrected chi connectivity index (χ2v) is 4.24. The van der Waals surface area contributed by atoms with Gasteiger partial charge in [-0.2, -0.15) is 0 Å². The van der Waals surface area contributed by atoms with E-state index < -0.39 is 0 Å². The molecule has 3 atom stereocenters. The Morgan fingerprint density at radius 1 is 1.54 bits per heavy atom. The highest BCUT2D eigenvalue weighted by molar-refractivity contribution is 5.80. The van der Waals surface area contributed by atoms with Gasteiger partial charge in [0.1, 0.15) is 0 Å². The van der Waals surface area contributed by atoms with Crippen LogP contribution in [0.2, 0.25) is 0 Å². The monoisotopic (exact) mass is 182 g/mol. The van der Waals surface area contributed by atoms with Gasteiger partial charge in [-0.25, -0.2) is 0 Å². The fourth-order valence-electron chi connectivity index (χ4n) is 2.54. The maximum atomic E-state index is 11.9. The van der Waals surface area contributed by atoms with Crippen LogP contribution in [0.1, 0.15) is 26.2 Å². The van der Waals surface area contributed by atoms with Gasteiger partial charge in [-0.05, 0) is 26.2 Å². The third-order valence-corrected chi connectivity index (χ3v) is 3.47. The lowest BCUT2D eigenvalue weighted by Crippen LogP contribution is -2.38. The van der Waals surface area contributed by atoms with E-state index in [0.29, 0.717) is 18.0 Å². The summed E-state index contributed by atoms with van der Waals surface area (Å²) < 4.78 is 0. The average molecular weight is 182 g/mol. The van der Waals surface area contributed by atoms with Crippen LogP contribution in [0, 0.1) is 5.92 Å². The second kappa shape index (κ2) is 3.29. The Balaban J connectivity index is 1.98. The topological polar surface area (TPSA) is 32.3 Å². The quantitative estimate of drug-likeness (QED) is 0.678. The lowest BCUT2D eigenvalue weighted by atomic mass is 9.88. The van der Waals surface area contributed by atoms with Crippen molar-refractivity contribution in [3.05, 3.63) is 0 Å². The van der Waals surface area contributed by atoms with E-state index in [9.17, 15) is 4.79 Å². The molecule has 3 heteroatoms. The Kier molecular flexibility index (Phi) is 2.28. The Morgan fingerprint density at radius 3 is 2.77 bits per heavy atom. The summed E-state index contributed by atoms with van der Waals surface area (Å²) in [5.41, 5.74) is 0. The number of fused-ring (bicyclic) bond motifs is 2. The Hall–Kier alpha value is -0.570. The Morgan fingerprint density at radius 2 is 2.31 bits per heavy atom. The van der Waals surface area contributed by atoms with Crippen LogP contribution in [0.25, 0.3) is 0 Å². The smallest absolute Gasteiger partial charge is 0.227 e. The number of nitrogens with zero attached hydrogens (tertiary/aromatic N) is 1. The molecule has 2 aliphatic rings. The van der Waals surface area contributed by atoms with E-state index in [1.807, 2.05) is 18.9 Å². The van der Waals surface area contributed by atoms with Crippen molar-refractivity contribution < 1.29 is 4.79 Å². The second-order valence-electron chi connectivity index (χ2n) is 4.24. The van der Waals surface area contributed by atoms with E-state index in [-0.39, 0.29) is 5.92 Å². The molecule has 2 bridgehead atoms. The van der Waals surface area contributed by atoms with Crippen LogP contribution in [0.5, 0.6) is 0 Å². The molecule has 0 saturated carbocycles. The van der Waals surface area contributed by atoms with Crippen molar-refractivity contribution in [3.8, 4) is 0 Å². The number of nitrogens with one attached hydrogen (secondary N) is 1. The molecule has 2 fully saturated rings. The lowest BCUT2D eigenvalue weighted by molar-refractivity contribution is -0.134. The van der Waals surface area contributed by atoms with Gasteiger partial charge in [0, 0.05) is 25.7 Å². The molecule has 0 radical (unpaired) electrons. The van der Waals surface area contributed by atoms with E-state index >= 15 is 0 Å². The molecule has 2 rings (SSSR count). The van der Waals surface area contributed by atoms with Crippen LogP contribution < -0.4 is 5.32 Å². The predicted octanol–water partition coefficient (Wildman–Crippen LogP) is 0.605. The van der Waals surface area contributed by atoms with Gasteiger partial charge in [0.25, 0.3) is 0 Å². The molecular weight excluding hydrogens is 164 g/mol. The molecule has 3 nitrogen and oxygen atoms in total. The van der Waals surface area contributed by atoms with Gasteiger partial charge >= 0.3 is 0 Å². The first kappa shape index (κ1) is 9.00. The number of hydrogen-bond acceptors (Lipinski definition) is 2. The summed E-state index contributed by atoms with van der Waals surface area (Å²) in [6, 6.07) is 1.11. The van der Waals surface area contributed by atoms with Crippen molar-refractivity contribution in [2.45, 2.75) is 38.3 Å². The molecular formula is C10H18N2O. The molecule has 0 aliphatic carbocycles. The van der Waals surface area contributed by atoms with E-state index in [4.69, 9.17) is 0 Å². The van der Waals surface area contributed by atoms with Crippen LogP contribution in [0.15, 0.2) is 0 Å². The number of amides is 1. The maximum absolute atomic E-state index is 11.9. The zero-order valence-corrected chi connectivity index (χ0v) is 8.42.